The molecule has 1 aromatic heterocycles. The van der Waals surface area contributed by atoms with Gasteiger partial charge in [-0.3, -0.25) is 14.2 Å². The molecule has 2 unspecified atom stereocenters. The molecule has 0 radical (unpaired) electrons. The number of likely N-dealkylation sites (tertiary alicyclic amines) is 1. The van der Waals surface area contributed by atoms with E-state index >= 15 is 8.78 Å². The third kappa shape index (κ3) is 5.28. The van der Waals surface area contributed by atoms with Crippen LogP contribution in [0, 0.1) is 5.82 Å². The van der Waals surface area contributed by atoms with Gasteiger partial charge in [-0.2, -0.15) is 8.78 Å². The number of H-pyrrole nitrogens is 1. The molecule has 2 aliphatic heterocycles. The summed E-state index contributed by atoms with van der Waals surface area (Å²) in [5.41, 5.74) is 1.39. The second-order valence-corrected chi connectivity index (χ2v) is 10.0. The highest BCUT2D eigenvalue weighted by Gasteiger charge is 2.44. The molecule has 39 heavy (non-hydrogen) atoms. The van der Waals surface area contributed by atoms with Crippen LogP contribution in [0.5, 0.6) is 5.75 Å². The second-order valence-electron chi connectivity index (χ2n) is 10.0. The monoisotopic (exact) mass is 558 g/mol. The zero-order chi connectivity index (χ0) is 27.8. The number of hydrogen-bond acceptors (Lipinski definition) is 4. The first-order valence-electron chi connectivity index (χ1n) is 12.8. The van der Waals surface area contributed by atoms with Gasteiger partial charge in [-0.15, -0.1) is 0 Å². The van der Waals surface area contributed by atoms with Crippen molar-refractivity contribution in [3.63, 3.8) is 0 Å². The van der Waals surface area contributed by atoms with Gasteiger partial charge in [0.25, 0.3) is 6.43 Å². The molecule has 0 aliphatic carbocycles. The predicted molar refractivity (Wildman–Crippen MR) is 134 cm³/mol. The van der Waals surface area contributed by atoms with Crippen molar-refractivity contribution in [3.05, 3.63) is 59.0 Å². The van der Waals surface area contributed by atoms with Crippen molar-refractivity contribution in [2.75, 3.05) is 31.6 Å². The van der Waals surface area contributed by atoms with Crippen molar-refractivity contribution in [1.82, 2.24) is 14.8 Å². The lowest BCUT2D eigenvalue weighted by Gasteiger charge is -2.43. The average Bonchev–Trinajstić information content (AvgIpc) is 3.24. The third-order valence-corrected chi connectivity index (χ3v) is 7.47. The molecule has 5 rings (SSSR count). The Morgan fingerprint density at radius 1 is 1.08 bits per heavy atom. The third-order valence-electron chi connectivity index (χ3n) is 7.47. The fourth-order valence-corrected chi connectivity index (χ4v) is 5.76. The molecule has 2 aromatic carbocycles. The van der Waals surface area contributed by atoms with Gasteiger partial charge in [-0.05, 0) is 37.5 Å². The van der Waals surface area contributed by atoms with E-state index in [1.807, 2.05) is 11.0 Å². The Morgan fingerprint density at radius 3 is 2.51 bits per heavy atom. The summed E-state index contributed by atoms with van der Waals surface area (Å²) in [5, 5.41) is 3.73. The van der Waals surface area contributed by atoms with Gasteiger partial charge < -0.3 is 15.0 Å². The van der Waals surface area contributed by atoms with E-state index in [0.29, 0.717) is 42.8 Å². The Labute approximate surface area is 220 Å². The molecule has 3 atom stereocenters. The van der Waals surface area contributed by atoms with Gasteiger partial charge in [0.15, 0.2) is 11.6 Å². The molecule has 12 heteroatoms. The van der Waals surface area contributed by atoms with Crippen molar-refractivity contribution in [2.24, 2.45) is 0 Å². The van der Waals surface area contributed by atoms with Gasteiger partial charge in [0.2, 0.25) is 6.30 Å². The van der Waals surface area contributed by atoms with Crippen molar-refractivity contribution in [2.45, 2.75) is 57.2 Å². The maximum Gasteiger partial charge on any atom is 0.387 e. The Morgan fingerprint density at radius 2 is 1.82 bits per heavy atom. The minimum Gasteiger partial charge on any atom is -0.431 e. The number of alkyl halides is 6. The summed E-state index contributed by atoms with van der Waals surface area (Å²) < 4.78 is 102. The number of para-hydroxylation sites is 1. The Balaban J connectivity index is 1.57. The van der Waals surface area contributed by atoms with E-state index in [2.05, 4.69) is 15.0 Å². The average molecular weight is 559 g/mol. The van der Waals surface area contributed by atoms with Crippen molar-refractivity contribution < 1.29 is 35.5 Å². The maximum absolute atomic E-state index is 15.8. The SMILES string of the molecule is C[C@@H]1Cc2c([nH]c3ccccc23)C(c2ccc(NC3CN(CCCF)C3)c(F)c2OC(F)F)N1C(F)C(F)F. The number of hydrogen-bond donors (Lipinski definition) is 2. The normalized spacial score (nSPS) is 21.4. The molecule has 3 heterocycles. The van der Waals surface area contributed by atoms with E-state index in [1.54, 1.807) is 25.1 Å². The number of nitrogens with zero attached hydrogens (tertiary/aromatic N) is 2. The van der Waals surface area contributed by atoms with Gasteiger partial charge in [0.05, 0.1) is 24.4 Å². The molecule has 2 aliphatic rings. The molecule has 0 saturated carbocycles. The van der Waals surface area contributed by atoms with Crippen LogP contribution < -0.4 is 10.1 Å². The van der Waals surface area contributed by atoms with Crippen molar-refractivity contribution >= 4 is 16.6 Å². The van der Waals surface area contributed by atoms with E-state index in [0.717, 1.165) is 10.3 Å². The lowest BCUT2D eigenvalue weighted by molar-refractivity contribution is -0.0860. The van der Waals surface area contributed by atoms with Crippen LogP contribution >= 0.6 is 0 Å². The maximum atomic E-state index is 15.8. The van der Waals surface area contributed by atoms with Crippen LogP contribution in [0.1, 0.15) is 36.2 Å². The van der Waals surface area contributed by atoms with Crippen LogP contribution in [-0.4, -0.2) is 72.5 Å². The van der Waals surface area contributed by atoms with Crippen LogP contribution in [0.2, 0.25) is 0 Å². The first-order valence-corrected chi connectivity index (χ1v) is 12.8. The highest BCUT2D eigenvalue weighted by Crippen LogP contribution is 2.47. The summed E-state index contributed by atoms with van der Waals surface area (Å²) in [6, 6.07) is 7.46. The molecular weight excluding hydrogens is 529 g/mol. The fraction of sp³-hybridized carbons (Fsp3) is 0.481. The number of ether oxygens (including phenoxy) is 1. The van der Waals surface area contributed by atoms with E-state index in [1.165, 1.54) is 12.1 Å². The van der Waals surface area contributed by atoms with Gasteiger partial charge in [0.1, 0.15) is 0 Å². The zero-order valence-electron chi connectivity index (χ0n) is 21.1. The standard InChI is InChI=1S/C27H29F7N4O/c1-14-11-18-16-5-2-3-6-19(16)36-22(18)23(38(14)26(32)25(30)31)17-7-8-20(21(29)24(17)39-27(33)34)35-15-12-37(13-15)10-4-9-28/h2-3,5-8,14-15,23,25-27,35-36H,4,9-13H2,1H3/t14-,23?,26?/m1/s1. The van der Waals surface area contributed by atoms with Crippen molar-refractivity contribution in [1.29, 1.82) is 0 Å². The number of benzene rings is 2. The molecule has 1 fully saturated rings. The Hall–Kier alpha value is -2.99. The second kappa shape index (κ2) is 11.2. The molecule has 0 amide bonds. The number of aromatic nitrogens is 1. The van der Waals surface area contributed by atoms with Crippen molar-refractivity contribution in [3.8, 4) is 5.75 Å². The number of rotatable bonds is 10. The topological polar surface area (TPSA) is 43.5 Å². The number of fused-ring (bicyclic) bond motifs is 3. The van der Waals surface area contributed by atoms with Crippen LogP contribution in [-0.2, 0) is 6.42 Å². The van der Waals surface area contributed by atoms with Crippen LogP contribution in [0.4, 0.5) is 36.4 Å². The van der Waals surface area contributed by atoms with E-state index in [4.69, 9.17) is 0 Å². The molecule has 1 saturated heterocycles. The van der Waals surface area contributed by atoms with Crippen LogP contribution in [0.25, 0.3) is 10.9 Å². The lowest BCUT2D eigenvalue weighted by atomic mass is 9.87. The van der Waals surface area contributed by atoms with Crippen LogP contribution in [0.15, 0.2) is 36.4 Å². The summed E-state index contributed by atoms with van der Waals surface area (Å²) in [6.07, 6.45) is -5.53. The summed E-state index contributed by atoms with van der Waals surface area (Å²) in [5.74, 6) is -1.96. The molecular formula is C27H29F7N4O. The molecule has 0 bridgehead atoms. The van der Waals surface area contributed by atoms with E-state index < -0.39 is 49.7 Å². The summed E-state index contributed by atoms with van der Waals surface area (Å²) >= 11 is 0. The number of aromatic amines is 1. The van der Waals surface area contributed by atoms with Gasteiger partial charge in [0, 0.05) is 47.8 Å². The van der Waals surface area contributed by atoms with Gasteiger partial charge >= 0.3 is 6.61 Å². The summed E-state index contributed by atoms with van der Waals surface area (Å²) in [6.45, 7) is -0.724. The number of nitrogens with one attached hydrogen (secondary N) is 2. The molecule has 2 N–H and O–H groups in total. The first kappa shape index (κ1) is 27.6. The minimum atomic E-state index is -3.42. The van der Waals surface area contributed by atoms with E-state index in [-0.39, 0.29) is 23.7 Å². The van der Waals surface area contributed by atoms with Crippen LogP contribution in [0.3, 0.4) is 0 Å². The smallest absolute Gasteiger partial charge is 0.387 e. The van der Waals surface area contributed by atoms with E-state index in [9.17, 15) is 22.0 Å². The highest BCUT2D eigenvalue weighted by atomic mass is 19.3. The number of anilines is 1. The molecule has 3 aromatic rings. The lowest BCUT2D eigenvalue weighted by Crippen LogP contribution is -2.54. The zero-order valence-corrected chi connectivity index (χ0v) is 21.1. The molecule has 5 nitrogen and oxygen atoms in total. The Bertz CT molecular complexity index is 1300. The minimum absolute atomic E-state index is 0.109. The fourth-order valence-electron chi connectivity index (χ4n) is 5.76. The highest BCUT2D eigenvalue weighted by molar-refractivity contribution is 5.85. The Kier molecular flexibility index (Phi) is 7.95. The van der Waals surface area contributed by atoms with Gasteiger partial charge in [-0.25, -0.2) is 17.6 Å². The number of halogens is 7. The summed E-state index contributed by atoms with van der Waals surface area (Å²) in [7, 11) is 0. The molecule has 0 spiro atoms. The predicted octanol–water partition coefficient (Wildman–Crippen LogP) is 6.26. The van der Waals surface area contributed by atoms with Gasteiger partial charge in [-0.1, -0.05) is 24.3 Å². The first-order chi connectivity index (χ1) is 18.7. The summed E-state index contributed by atoms with van der Waals surface area (Å²) in [4.78, 5) is 5.98. The largest absolute Gasteiger partial charge is 0.431 e. The quantitative estimate of drug-likeness (QED) is 0.228. The molecule has 212 valence electrons.